The molecule has 0 aliphatic heterocycles. The molecule has 0 saturated heterocycles. The number of halogens is 2. The summed E-state index contributed by atoms with van der Waals surface area (Å²) in [6.45, 7) is 2.57. The summed E-state index contributed by atoms with van der Waals surface area (Å²) in [6.07, 6.45) is 6.94. The number of phenolic OH excluding ortho intramolecular Hbond substituents is 1. The van der Waals surface area contributed by atoms with E-state index in [2.05, 4.69) is 11.9 Å². The third kappa shape index (κ3) is 5.50. The second kappa shape index (κ2) is 10.4. The summed E-state index contributed by atoms with van der Waals surface area (Å²) in [5, 5.41) is 11.2. The number of carbonyl (C=O) groups excluding carboxylic acids is 1. The van der Waals surface area contributed by atoms with Crippen LogP contribution >= 0.6 is 23.2 Å². The molecule has 0 atom stereocenters. The van der Waals surface area contributed by atoms with Crippen LogP contribution in [-0.2, 0) is 6.42 Å². The molecule has 146 valence electrons. The summed E-state index contributed by atoms with van der Waals surface area (Å²) in [5.74, 6) is -0.0246. The van der Waals surface area contributed by atoms with E-state index in [1.807, 2.05) is 0 Å². The van der Waals surface area contributed by atoms with Gasteiger partial charge in [0.2, 0.25) is 5.75 Å². The molecule has 0 spiro atoms. The van der Waals surface area contributed by atoms with Gasteiger partial charge in [0.1, 0.15) is 0 Å². The highest BCUT2D eigenvalue weighted by atomic mass is 35.5. The fraction of sp³-hybridized carbons (Fsp3) is 0.400. The molecule has 0 bridgehead atoms. The third-order valence-corrected chi connectivity index (χ3v) is 4.80. The van der Waals surface area contributed by atoms with Gasteiger partial charge in [0.15, 0.2) is 17.3 Å². The molecule has 5 nitrogen and oxygen atoms in total. The second-order valence-corrected chi connectivity index (χ2v) is 6.90. The number of aromatic hydroxyl groups is 1. The van der Waals surface area contributed by atoms with Crippen LogP contribution in [-0.4, -0.2) is 29.6 Å². The Balaban J connectivity index is 2.21. The zero-order chi connectivity index (χ0) is 19.8. The number of aromatic nitrogens is 1. The molecule has 7 heteroatoms. The molecule has 2 rings (SSSR count). The molecule has 1 aromatic heterocycles. The van der Waals surface area contributed by atoms with Gasteiger partial charge in [0, 0.05) is 24.4 Å². The molecule has 0 amide bonds. The fourth-order valence-corrected chi connectivity index (χ4v) is 3.14. The Kier molecular flexibility index (Phi) is 8.20. The first-order valence-corrected chi connectivity index (χ1v) is 9.59. The van der Waals surface area contributed by atoms with Crippen molar-refractivity contribution in [1.29, 1.82) is 0 Å². The van der Waals surface area contributed by atoms with Gasteiger partial charge in [-0.1, -0.05) is 49.4 Å². The first kappa shape index (κ1) is 21.3. The van der Waals surface area contributed by atoms with Crippen LogP contribution in [0.4, 0.5) is 0 Å². The Morgan fingerprint density at radius 2 is 1.85 bits per heavy atom. The molecule has 0 unspecified atom stereocenters. The van der Waals surface area contributed by atoms with E-state index in [4.69, 9.17) is 32.7 Å². The summed E-state index contributed by atoms with van der Waals surface area (Å²) < 4.78 is 11.0. The zero-order valence-electron chi connectivity index (χ0n) is 15.4. The van der Waals surface area contributed by atoms with Crippen LogP contribution < -0.4 is 9.47 Å². The van der Waals surface area contributed by atoms with Crippen LogP contribution in [0.3, 0.4) is 0 Å². The summed E-state index contributed by atoms with van der Waals surface area (Å²) in [5.41, 5.74) is 0.596. The number of pyridine rings is 1. The Morgan fingerprint density at radius 3 is 2.48 bits per heavy atom. The highest BCUT2D eigenvalue weighted by molar-refractivity contribution is 6.36. The Hall–Kier alpha value is -1.98. The minimum absolute atomic E-state index is 0.0595. The van der Waals surface area contributed by atoms with Gasteiger partial charge in [-0.3, -0.25) is 9.78 Å². The van der Waals surface area contributed by atoms with E-state index >= 15 is 0 Å². The monoisotopic (exact) mass is 411 g/mol. The van der Waals surface area contributed by atoms with E-state index in [-0.39, 0.29) is 29.3 Å². The number of Topliss-reactive ketones (excluding diaryl/α,β-unsaturated/α-hetero) is 1. The molecule has 0 radical (unpaired) electrons. The van der Waals surface area contributed by atoms with Gasteiger partial charge in [-0.15, -0.1) is 0 Å². The van der Waals surface area contributed by atoms with Crippen LogP contribution in [0.5, 0.6) is 17.2 Å². The Labute approximate surface area is 169 Å². The third-order valence-electron chi connectivity index (χ3n) is 4.15. The first-order chi connectivity index (χ1) is 13.0. The van der Waals surface area contributed by atoms with E-state index in [9.17, 15) is 9.90 Å². The average molecular weight is 412 g/mol. The van der Waals surface area contributed by atoms with Gasteiger partial charge in [-0.2, -0.15) is 0 Å². The van der Waals surface area contributed by atoms with Gasteiger partial charge >= 0.3 is 0 Å². The number of methoxy groups -OCH3 is 1. The van der Waals surface area contributed by atoms with Crippen molar-refractivity contribution in [3.63, 3.8) is 0 Å². The van der Waals surface area contributed by atoms with E-state index in [1.165, 1.54) is 25.6 Å². The molecule has 2 aromatic rings. The van der Waals surface area contributed by atoms with Crippen molar-refractivity contribution in [3.05, 3.63) is 45.7 Å². The molecule has 1 heterocycles. The van der Waals surface area contributed by atoms with Crippen LogP contribution in [0.25, 0.3) is 0 Å². The molecule has 0 saturated carbocycles. The van der Waals surface area contributed by atoms with E-state index in [0.717, 1.165) is 25.7 Å². The predicted octanol–water partition coefficient (Wildman–Crippen LogP) is 5.49. The zero-order valence-corrected chi connectivity index (χ0v) is 16.9. The van der Waals surface area contributed by atoms with Crippen LogP contribution in [0.1, 0.15) is 48.5 Å². The maximum absolute atomic E-state index is 12.7. The molecule has 1 aromatic carbocycles. The van der Waals surface area contributed by atoms with Crippen LogP contribution in [0.2, 0.25) is 10.0 Å². The number of rotatable bonds is 10. The second-order valence-electron chi connectivity index (χ2n) is 6.08. The van der Waals surface area contributed by atoms with Crippen molar-refractivity contribution >= 4 is 29.0 Å². The number of unbranched alkanes of at least 4 members (excludes halogenated alkanes) is 3. The summed E-state index contributed by atoms with van der Waals surface area (Å²) in [4.78, 5) is 16.6. The highest BCUT2D eigenvalue weighted by Crippen LogP contribution is 2.40. The highest BCUT2D eigenvalue weighted by Gasteiger charge is 2.21. The number of ether oxygens (including phenoxy) is 2. The lowest BCUT2D eigenvalue weighted by atomic mass is 10.0. The van der Waals surface area contributed by atoms with Gasteiger partial charge in [0.05, 0.1) is 29.3 Å². The SMILES string of the molecule is CCCCCCOc1c(OC)ccc(C(=O)Cc2c(Cl)cncc2Cl)c1O. The van der Waals surface area contributed by atoms with Crippen molar-refractivity contribution in [2.75, 3.05) is 13.7 Å². The van der Waals surface area contributed by atoms with Crippen LogP contribution in [0, 0.1) is 0 Å². The normalized spacial score (nSPS) is 10.7. The lowest BCUT2D eigenvalue weighted by Crippen LogP contribution is -2.07. The van der Waals surface area contributed by atoms with Gasteiger partial charge < -0.3 is 14.6 Å². The molecular formula is C20H23Cl2NO4. The standard InChI is InChI=1S/C20H23Cl2NO4/c1-3-4-5-6-9-27-20-18(26-2)8-7-13(19(20)25)17(24)10-14-15(21)11-23-12-16(14)22/h7-8,11-12,25H,3-6,9-10H2,1-2H3. The van der Waals surface area contributed by atoms with E-state index in [1.54, 1.807) is 6.07 Å². The topological polar surface area (TPSA) is 68.7 Å². The lowest BCUT2D eigenvalue weighted by molar-refractivity contribution is 0.0989. The van der Waals surface area contributed by atoms with E-state index < -0.39 is 0 Å². The van der Waals surface area contributed by atoms with E-state index in [0.29, 0.717) is 28.0 Å². The van der Waals surface area contributed by atoms with Crippen molar-refractivity contribution in [1.82, 2.24) is 4.98 Å². The summed E-state index contributed by atoms with van der Waals surface area (Å²) in [6, 6.07) is 3.10. The van der Waals surface area contributed by atoms with Gasteiger partial charge in [-0.25, -0.2) is 0 Å². The summed E-state index contributed by atoms with van der Waals surface area (Å²) in [7, 11) is 1.48. The van der Waals surface area contributed by atoms with Crippen molar-refractivity contribution in [3.8, 4) is 17.2 Å². The van der Waals surface area contributed by atoms with Gasteiger partial charge in [0.25, 0.3) is 0 Å². The number of ketones is 1. The van der Waals surface area contributed by atoms with Crippen molar-refractivity contribution < 1.29 is 19.4 Å². The summed E-state index contributed by atoms with van der Waals surface area (Å²) >= 11 is 12.2. The largest absolute Gasteiger partial charge is 0.504 e. The minimum Gasteiger partial charge on any atom is -0.504 e. The first-order valence-electron chi connectivity index (χ1n) is 8.83. The van der Waals surface area contributed by atoms with Gasteiger partial charge in [-0.05, 0) is 18.6 Å². The maximum atomic E-state index is 12.7. The average Bonchev–Trinajstić information content (AvgIpc) is 2.65. The molecule has 1 N–H and O–H groups in total. The van der Waals surface area contributed by atoms with Crippen LogP contribution in [0.15, 0.2) is 24.5 Å². The minimum atomic E-state index is -0.332. The molecule has 0 fully saturated rings. The number of hydrogen-bond donors (Lipinski definition) is 1. The number of phenols is 1. The molecule has 0 aliphatic carbocycles. The lowest BCUT2D eigenvalue weighted by Gasteiger charge is -2.15. The maximum Gasteiger partial charge on any atom is 0.204 e. The van der Waals surface area contributed by atoms with Crippen molar-refractivity contribution in [2.45, 2.75) is 39.0 Å². The number of nitrogens with zero attached hydrogens (tertiary/aromatic N) is 1. The number of hydrogen-bond acceptors (Lipinski definition) is 5. The molecular weight excluding hydrogens is 389 g/mol. The quantitative estimate of drug-likeness (QED) is 0.413. The van der Waals surface area contributed by atoms with Crippen molar-refractivity contribution in [2.24, 2.45) is 0 Å². The fourth-order valence-electron chi connectivity index (χ4n) is 2.64. The number of carbonyl (C=O) groups is 1. The molecule has 27 heavy (non-hydrogen) atoms. The molecule has 0 aliphatic rings. The number of benzene rings is 1. The Morgan fingerprint density at radius 1 is 1.15 bits per heavy atom. The predicted molar refractivity (Wildman–Crippen MR) is 107 cm³/mol. The smallest absolute Gasteiger partial charge is 0.204 e. The Bertz CT molecular complexity index is 776.